The Morgan fingerprint density at radius 1 is 0.933 bits per heavy atom. The smallest absolute Gasteiger partial charge is 0.338 e. The number of aromatic nitrogens is 1. The van der Waals surface area contributed by atoms with E-state index in [2.05, 4.69) is 5.32 Å². The molecule has 1 fully saturated rings. The summed E-state index contributed by atoms with van der Waals surface area (Å²) >= 11 is 2.02. The summed E-state index contributed by atoms with van der Waals surface area (Å²) < 4.78 is 25.3. The van der Waals surface area contributed by atoms with Crippen molar-refractivity contribution in [2.75, 3.05) is 23.9 Å². The SMILES string of the molecule is CCOC(=O)c1ccc(NC(=O)Cn2c3c(sc2=O)C(c2ccc(OC)cc2)C2C(=O)N(c4ccc(F)cc4)C(=O)C2S3)cc1. The number of thiazole rings is 1. The van der Waals surface area contributed by atoms with Crippen LogP contribution in [0.1, 0.15) is 33.6 Å². The number of ether oxygens (including phenoxy) is 2. The third-order valence-corrected chi connectivity index (χ3v) is 10.2. The molecule has 0 radical (unpaired) electrons. The number of imide groups is 1. The van der Waals surface area contributed by atoms with E-state index in [0.717, 1.165) is 28.0 Å². The van der Waals surface area contributed by atoms with Gasteiger partial charge < -0.3 is 14.8 Å². The number of amides is 3. The lowest BCUT2D eigenvalue weighted by Crippen LogP contribution is -2.33. The Morgan fingerprint density at radius 2 is 1.62 bits per heavy atom. The van der Waals surface area contributed by atoms with E-state index in [4.69, 9.17) is 9.47 Å². The minimum atomic E-state index is -0.888. The molecule has 10 nitrogen and oxygen atoms in total. The van der Waals surface area contributed by atoms with Crippen molar-refractivity contribution in [1.29, 1.82) is 0 Å². The van der Waals surface area contributed by atoms with Crippen molar-refractivity contribution < 1.29 is 33.0 Å². The van der Waals surface area contributed by atoms with E-state index < -0.39 is 51.5 Å². The van der Waals surface area contributed by atoms with Crippen LogP contribution in [0.25, 0.3) is 0 Å². The van der Waals surface area contributed by atoms with E-state index in [1.165, 1.54) is 48.1 Å². The van der Waals surface area contributed by atoms with Crippen LogP contribution in [-0.2, 0) is 25.7 Å². The lowest BCUT2D eigenvalue weighted by molar-refractivity contribution is -0.122. The van der Waals surface area contributed by atoms with Gasteiger partial charge in [0, 0.05) is 16.5 Å². The molecule has 3 unspecified atom stereocenters. The number of esters is 1. The van der Waals surface area contributed by atoms with Gasteiger partial charge in [-0.05, 0) is 73.2 Å². The Labute approximate surface area is 264 Å². The molecule has 4 aromatic rings. The molecule has 0 saturated carbocycles. The van der Waals surface area contributed by atoms with Crippen LogP contribution in [0.4, 0.5) is 15.8 Å². The van der Waals surface area contributed by atoms with Crippen molar-refractivity contribution >= 4 is 58.2 Å². The van der Waals surface area contributed by atoms with Gasteiger partial charge in [0.05, 0.1) is 35.9 Å². The zero-order valence-corrected chi connectivity index (χ0v) is 25.7. The Hall–Kier alpha value is -4.75. The summed E-state index contributed by atoms with van der Waals surface area (Å²) in [5.41, 5.74) is 1.71. The number of thioether (sulfide) groups is 1. The number of nitrogens with zero attached hydrogens (tertiary/aromatic N) is 2. The number of hydrogen-bond donors (Lipinski definition) is 1. The fraction of sp³-hybridized carbons (Fsp3) is 0.219. The highest BCUT2D eigenvalue weighted by molar-refractivity contribution is 8.00. The largest absolute Gasteiger partial charge is 0.497 e. The van der Waals surface area contributed by atoms with Crippen LogP contribution in [0.5, 0.6) is 5.75 Å². The first kappa shape index (κ1) is 30.3. The molecular formula is C32H26FN3O7S2. The van der Waals surface area contributed by atoms with Gasteiger partial charge in [0.1, 0.15) is 23.4 Å². The Kier molecular flexibility index (Phi) is 8.30. The number of benzene rings is 3. The molecule has 1 N–H and O–H groups in total. The molecule has 0 bridgehead atoms. The maximum atomic E-state index is 13.9. The maximum Gasteiger partial charge on any atom is 0.338 e. The number of hydrogen-bond acceptors (Lipinski definition) is 9. The Balaban J connectivity index is 1.34. The second-order valence-electron chi connectivity index (χ2n) is 10.3. The molecule has 1 saturated heterocycles. The first-order valence-electron chi connectivity index (χ1n) is 13.9. The van der Waals surface area contributed by atoms with Gasteiger partial charge in [-0.25, -0.2) is 14.1 Å². The predicted octanol–water partition coefficient (Wildman–Crippen LogP) is 4.67. The molecule has 1 aromatic heterocycles. The van der Waals surface area contributed by atoms with E-state index >= 15 is 0 Å². The van der Waals surface area contributed by atoms with E-state index in [-0.39, 0.29) is 18.8 Å². The van der Waals surface area contributed by atoms with Crippen LogP contribution in [0.2, 0.25) is 0 Å². The standard InChI is InChI=1S/C32H26FN3O7S2/c1-3-43-31(40)18-4-10-20(11-5-18)34-23(37)16-35-30-27(45-32(35)41)24(17-6-14-22(42-2)15-7-17)25-26(44-30)29(39)36(28(25)38)21-12-8-19(33)9-13-21/h4-15,24-26H,3,16H2,1-2H3,(H,34,37). The molecule has 230 valence electrons. The average Bonchev–Trinajstić information content (AvgIpc) is 3.48. The minimum absolute atomic E-state index is 0.236. The molecule has 0 spiro atoms. The van der Waals surface area contributed by atoms with Crippen LogP contribution in [-0.4, -0.2) is 47.2 Å². The summed E-state index contributed by atoms with van der Waals surface area (Å²) in [7, 11) is 1.53. The number of methoxy groups -OCH3 is 1. The zero-order valence-electron chi connectivity index (χ0n) is 24.0. The number of carbonyl (C=O) groups excluding carboxylic acids is 4. The minimum Gasteiger partial charge on any atom is -0.497 e. The molecule has 3 amide bonds. The van der Waals surface area contributed by atoms with Gasteiger partial charge in [0.25, 0.3) is 0 Å². The lowest BCUT2D eigenvalue weighted by atomic mass is 9.83. The number of nitrogens with one attached hydrogen (secondary N) is 1. The molecule has 2 aliphatic heterocycles. The van der Waals surface area contributed by atoms with Gasteiger partial charge in [-0.3, -0.25) is 23.7 Å². The van der Waals surface area contributed by atoms with Gasteiger partial charge in [-0.15, -0.1) is 0 Å². The molecule has 3 heterocycles. The molecule has 0 aliphatic carbocycles. The monoisotopic (exact) mass is 647 g/mol. The van der Waals surface area contributed by atoms with Gasteiger partial charge in [0.2, 0.25) is 17.7 Å². The van der Waals surface area contributed by atoms with Crippen molar-refractivity contribution in [2.24, 2.45) is 5.92 Å². The molecule has 13 heteroatoms. The predicted molar refractivity (Wildman–Crippen MR) is 166 cm³/mol. The number of halogens is 1. The summed E-state index contributed by atoms with van der Waals surface area (Å²) in [6, 6.07) is 18.4. The fourth-order valence-corrected chi connectivity index (χ4v) is 8.29. The highest BCUT2D eigenvalue weighted by Gasteiger charge is 2.56. The summed E-state index contributed by atoms with van der Waals surface area (Å²) in [5.74, 6) is -3.31. The number of fused-ring (bicyclic) bond motifs is 2. The average molecular weight is 648 g/mol. The first-order chi connectivity index (χ1) is 21.7. The number of anilines is 2. The third-order valence-electron chi connectivity index (χ3n) is 7.59. The lowest BCUT2D eigenvalue weighted by Gasteiger charge is -2.30. The second-order valence-corrected chi connectivity index (χ2v) is 12.4. The van der Waals surface area contributed by atoms with Crippen LogP contribution >= 0.6 is 23.1 Å². The van der Waals surface area contributed by atoms with Crippen molar-refractivity contribution in [1.82, 2.24) is 4.57 Å². The van der Waals surface area contributed by atoms with Crippen LogP contribution < -0.4 is 19.8 Å². The van der Waals surface area contributed by atoms with Crippen molar-refractivity contribution in [3.63, 3.8) is 0 Å². The summed E-state index contributed by atoms with van der Waals surface area (Å²) in [6.07, 6.45) is 0. The van der Waals surface area contributed by atoms with E-state index in [9.17, 15) is 28.4 Å². The normalized spacial score (nSPS) is 18.7. The summed E-state index contributed by atoms with van der Waals surface area (Å²) in [4.78, 5) is 67.4. The Bertz CT molecular complexity index is 1850. The molecule has 3 atom stereocenters. The highest BCUT2D eigenvalue weighted by atomic mass is 32.2. The van der Waals surface area contributed by atoms with Gasteiger partial charge >= 0.3 is 10.8 Å². The van der Waals surface area contributed by atoms with Crippen LogP contribution in [0, 0.1) is 11.7 Å². The van der Waals surface area contributed by atoms with Crippen molar-refractivity contribution in [3.8, 4) is 5.75 Å². The fourth-order valence-electron chi connectivity index (χ4n) is 5.52. The van der Waals surface area contributed by atoms with Crippen LogP contribution in [0.3, 0.4) is 0 Å². The molecule has 45 heavy (non-hydrogen) atoms. The summed E-state index contributed by atoms with van der Waals surface area (Å²) in [5, 5.41) is 2.28. The van der Waals surface area contributed by atoms with E-state index in [0.29, 0.717) is 32.5 Å². The molecule has 3 aromatic carbocycles. The topological polar surface area (TPSA) is 124 Å². The first-order valence-corrected chi connectivity index (χ1v) is 15.6. The Morgan fingerprint density at radius 3 is 2.27 bits per heavy atom. The third kappa shape index (κ3) is 5.64. The van der Waals surface area contributed by atoms with Gasteiger partial charge in [0.15, 0.2) is 0 Å². The molecule has 6 rings (SSSR count). The molecular weight excluding hydrogens is 621 g/mol. The number of carbonyl (C=O) groups is 4. The quantitative estimate of drug-likeness (QED) is 0.216. The second kappa shape index (κ2) is 12.3. The van der Waals surface area contributed by atoms with E-state index in [1.807, 2.05) is 0 Å². The molecule has 2 aliphatic rings. The van der Waals surface area contributed by atoms with E-state index in [1.54, 1.807) is 43.3 Å². The summed E-state index contributed by atoms with van der Waals surface area (Å²) in [6.45, 7) is 1.60. The van der Waals surface area contributed by atoms with Crippen molar-refractivity contribution in [2.45, 2.75) is 29.7 Å². The van der Waals surface area contributed by atoms with Crippen LogP contribution in [0.15, 0.2) is 82.6 Å². The maximum absolute atomic E-state index is 13.9. The zero-order chi connectivity index (χ0) is 31.8. The highest BCUT2D eigenvalue weighted by Crippen LogP contribution is 2.54. The number of rotatable bonds is 8. The van der Waals surface area contributed by atoms with Crippen molar-refractivity contribution in [3.05, 3.63) is 104 Å². The van der Waals surface area contributed by atoms with Gasteiger partial charge in [-0.1, -0.05) is 35.2 Å². The van der Waals surface area contributed by atoms with Gasteiger partial charge in [-0.2, -0.15) is 0 Å².